The largest absolute Gasteiger partial charge is 0.467 e. The van der Waals surface area contributed by atoms with Crippen LogP contribution in [0, 0.1) is 12.8 Å². The Morgan fingerprint density at radius 3 is 2.69 bits per heavy atom. The number of rotatable bonds is 4. The molecule has 0 spiro atoms. The Hall–Kier alpha value is -0.760. The van der Waals surface area contributed by atoms with Crippen LogP contribution in [0.2, 0.25) is 0 Å². The highest BCUT2D eigenvalue weighted by atomic mass is 16.3. The Morgan fingerprint density at radius 1 is 1.54 bits per heavy atom. The third kappa shape index (κ3) is 2.59. The van der Waals surface area contributed by atoms with Gasteiger partial charge in [-0.15, -0.1) is 0 Å². The molecule has 0 fully saturated rings. The van der Waals surface area contributed by atoms with Crippen LogP contribution in [-0.4, -0.2) is 0 Å². The molecule has 13 heavy (non-hydrogen) atoms. The molecule has 0 bridgehead atoms. The van der Waals surface area contributed by atoms with Crippen molar-refractivity contribution in [2.75, 3.05) is 0 Å². The molecule has 1 rings (SSSR count). The van der Waals surface area contributed by atoms with Gasteiger partial charge in [-0.3, -0.25) is 0 Å². The lowest BCUT2D eigenvalue weighted by atomic mass is 9.97. The van der Waals surface area contributed by atoms with Crippen molar-refractivity contribution in [3.63, 3.8) is 0 Å². The van der Waals surface area contributed by atoms with Gasteiger partial charge in [-0.1, -0.05) is 20.3 Å². The van der Waals surface area contributed by atoms with Crippen LogP contribution in [0.5, 0.6) is 0 Å². The normalized spacial score (nSPS) is 15.7. The molecule has 0 aromatic carbocycles. The summed E-state index contributed by atoms with van der Waals surface area (Å²) in [5, 5.41) is 0. The van der Waals surface area contributed by atoms with Crippen molar-refractivity contribution in [2.45, 2.75) is 39.7 Å². The van der Waals surface area contributed by atoms with E-state index in [1.54, 1.807) is 6.26 Å². The summed E-state index contributed by atoms with van der Waals surface area (Å²) in [5.41, 5.74) is 7.19. The van der Waals surface area contributed by atoms with Gasteiger partial charge in [-0.25, -0.2) is 0 Å². The molecule has 0 saturated carbocycles. The monoisotopic (exact) mass is 181 g/mol. The lowest BCUT2D eigenvalue weighted by Crippen LogP contribution is -2.13. The zero-order valence-corrected chi connectivity index (χ0v) is 8.71. The minimum atomic E-state index is 0.0601. The minimum absolute atomic E-state index is 0.0601. The number of hydrogen-bond donors (Lipinski definition) is 1. The van der Waals surface area contributed by atoms with Crippen molar-refractivity contribution in [2.24, 2.45) is 11.7 Å². The van der Waals surface area contributed by atoms with E-state index < -0.39 is 0 Å². The fraction of sp³-hybridized carbons (Fsp3) is 0.636. The first-order chi connectivity index (χ1) is 6.15. The van der Waals surface area contributed by atoms with Gasteiger partial charge in [0.1, 0.15) is 5.76 Å². The van der Waals surface area contributed by atoms with Crippen molar-refractivity contribution in [1.29, 1.82) is 0 Å². The first-order valence-corrected chi connectivity index (χ1v) is 4.94. The third-order valence-corrected chi connectivity index (χ3v) is 2.59. The van der Waals surface area contributed by atoms with E-state index in [-0.39, 0.29) is 6.04 Å². The van der Waals surface area contributed by atoms with Crippen LogP contribution < -0.4 is 5.73 Å². The summed E-state index contributed by atoms with van der Waals surface area (Å²) in [5.74, 6) is 1.61. The maximum atomic E-state index is 6.02. The fourth-order valence-electron chi connectivity index (χ4n) is 1.47. The van der Waals surface area contributed by atoms with E-state index in [0.29, 0.717) is 5.92 Å². The van der Waals surface area contributed by atoms with Gasteiger partial charge < -0.3 is 10.2 Å². The summed E-state index contributed by atoms with van der Waals surface area (Å²) < 4.78 is 5.35. The van der Waals surface area contributed by atoms with E-state index in [1.807, 2.05) is 13.0 Å². The second kappa shape index (κ2) is 4.47. The Bertz CT molecular complexity index is 254. The van der Waals surface area contributed by atoms with Crippen LogP contribution in [-0.2, 0) is 0 Å². The van der Waals surface area contributed by atoms with Gasteiger partial charge >= 0.3 is 0 Å². The zero-order chi connectivity index (χ0) is 9.84. The van der Waals surface area contributed by atoms with E-state index in [1.165, 1.54) is 6.42 Å². The number of furan rings is 1. The second-order valence-electron chi connectivity index (χ2n) is 3.82. The van der Waals surface area contributed by atoms with Crippen LogP contribution in [0.4, 0.5) is 0 Å². The average molecular weight is 181 g/mol. The van der Waals surface area contributed by atoms with Gasteiger partial charge in [0.15, 0.2) is 0 Å². The van der Waals surface area contributed by atoms with Crippen LogP contribution in [0.15, 0.2) is 16.7 Å². The molecule has 0 aliphatic carbocycles. The maximum Gasteiger partial charge on any atom is 0.123 e. The van der Waals surface area contributed by atoms with Crippen LogP contribution in [0.3, 0.4) is 0 Å². The molecule has 0 amide bonds. The van der Waals surface area contributed by atoms with Gasteiger partial charge in [0, 0.05) is 0 Å². The van der Waals surface area contributed by atoms with Crippen molar-refractivity contribution in [3.8, 4) is 0 Å². The Balaban J connectivity index is 2.58. The summed E-state index contributed by atoms with van der Waals surface area (Å²) in [4.78, 5) is 0. The van der Waals surface area contributed by atoms with E-state index >= 15 is 0 Å². The minimum Gasteiger partial charge on any atom is -0.467 e. The predicted molar refractivity (Wildman–Crippen MR) is 54.4 cm³/mol. The Labute approximate surface area is 80.1 Å². The molecule has 2 atom stereocenters. The molecule has 0 aliphatic heterocycles. The lowest BCUT2D eigenvalue weighted by molar-refractivity contribution is 0.394. The summed E-state index contributed by atoms with van der Waals surface area (Å²) >= 11 is 0. The molecule has 0 radical (unpaired) electrons. The summed E-state index contributed by atoms with van der Waals surface area (Å²) in [6.45, 7) is 6.44. The van der Waals surface area contributed by atoms with Gasteiger partial charge in [-0.05, 0) is 30.9 Å². The van der Waals surface area contributed by atoms with Crippen molar-refractivity contribution in [1.82, 2.24) is 0 Å². The second-order valence-corrected chi connectivity index (χ2v) is 3.82. The highest BCUT2D eigenvalue weighted by Crippen LogP contribution is 2.23. The predicted octanol–water partition coefficient (Wildman–Crippen LogP) is 3.02. The summed E-state index contributed by atoms with van der Waals surface area (Å²) in [7, 11) is 0. The average Bonchev–Trinajstić information content (AvgIpc) is 2.51. The van der Waals surface area contributed by atoms with Crippen LogP contribution in [0.25, 0.3) is 0 Å². The van der Waals surface area contributed by atoms with E-state index in [4.69, 9.17) is 10.2 Å². The molecule has 0 aliphatic rings. The molecule has 1 aromatic rings. The molecule has 2 nitrogen and oxygen atoms in total. The third-order valence-electron chi connectivity index (χ3n) is 2.59. The van der Waals surface area contributed by atoms with E-state index in [9.17, 15) is 0 Å². The molecule has 74 valence electrons. The molecule has 0 saturated heterocycles. The van der Waals surface area contributed by atoms with Crippen molar-refractivity contribution in [3.05, 3.63) is 23.7 Å². The van der Waals surface area contributed by atoms with Crippen LogP contribution >= 0.6 is 0 Å². The molecule has 2 heteroatoms. The van der Waals surface area contributed by atoms with Crippen molar-refractivity contribution >= 4 is 0 Å². The first kappa shape index (κ1) is 10.3. The van der Waals surface area contributed by atoms with Gasteiger partial charge in [0.25, 0.3) is 0 Å². The molecule has 2 unspecified atom stereocenters. The zero-order valence-electron chi connectivity index (χ0n) is 8.71. The number of nitrogens with two attached hydrogens (primary N) is 1. The molecule has 1 heterocycles. The maximum absolute atomic E-state index is 6.02. The molecule has 1 aromatic heterocycles. The fourth-order valence-corrected chi connectivity index (χ4v) is 1.47. The summed E-state index contributed by atoms with van der Waals surface area (Å²) in [6.07, 6.45) is 3.89. The number of hydrogen-bond acceptors (Lipinski definition) is 2. The number of aryl methyl sites for hydroxylation is 1. The lowest BCUT2D eigenvalue weighted by Gasteiger charge is -2.14. The molecule has 2 N–H and O–H groups in total. The standard InChI is InChI=1S/C11H19NO/c1-4-8(2)7-10(12)11-9(3)5-6-13-11/h5-6,8,10H,4,7,12H2,1-3H3. The topological polar surface area (TPSA) is 39.2 Å². The van der Waals surface area contributed by atoms with Gasteiger partial charge in [-0.2, -0.15) is 0 Å². The first-order valence-electron chi connectivity index (χ1n) is 4.94. The van der Waals surface area contributed by atoms with Crippen molar-refractivity contribution < 1.29 is 4.42 Å². The molecular weight excluding hydrogens is 162 g/mol. The van der Waals surface area contributed by atoms with Gasteiger partial charge in [0.05, 0.1) is 12.3 Å². The molecular formula is C11H19NO. The van der Waals surface area contributed by atoms with Crippen LogP contribution in [0.1, 0.15) is 44.1 Å². The van der Waals surface area contributed by atoms with Gasteiger partial charge in [0.2, 0.25) is 0 Å². The Morgan fingerprint density at radius 2 is 2.23 bits per heavy atom. The quantitative estimate of drug-likeness (QED) is 0.775. The SMILES string of the molecule is CCC(C)CC(N)c1occc1C. The highest BCUT2D eigenvalue weighted by Gasteiger charge is 2.14. The van der Waals surface area contributed by atoms with E-state index in [2.05, 4.69) is 13.8 Å². The Kier molecular flexibility index (Phi) is 3.55. The smallest absolute Gasteiger partial charge is 0.123 e. The van der Waals surface area contributed by atoms with E-state index in [0.717, 1.165) is 17.7 Å². The summed E-state index contributed by atoms with van der Waals surface area (Å²) in [6, 6.07) is 2.02. The highest BCUT2D eigenvalue weighted by molar-refractivity contribution is 5.17.